The molecular formula is C20H19FN6O3S. The minimum atomic E-state index is -3.60. The highest BCUT2D eigenvalue weighted by Gasteiger charge is 2.23. The molecule has 1 aromatic carbocycles. The lowest BCUT2D eigenvalue weighted by Gasteiger charge is -2.13. The number of aromatic nitrogens is 5. The first kappa shape index (κ1) is 19.5. The topological polar surface area (TPSA) is 103 Å². The fourth-order valence-corrected chi connectivity index (χ4v) is 4.63. The van der Waals surface area contributed by atoms with E-state index in [0.29, 0.717) is 46.9 Å². The van der Waals surface area contributed by atoms with E-state index in [2.05, 4.69) is 20.4 Å². The molecule has 31 heavy (non-hydrogen) atoms. The van der Waals surface area contributed by atoms with Gasteiger partial charge in [-0.25, -0.2) is 22.8 Å². The van der Waals surface area contributed by atoms with Gasteiger partial charge in [-0.2, -0.15) is 5.10 Å². The maximum Gasteiger partial charge on any atom is 0.209 e. The first-order chi connectivity index (χ1) is 14.8. The lowest BCUT2D eigenvalue weighted by molar-refractivity contribution is 0.356. The van der Waals surface area contributed by atoms with Crippen LogP contribution in [0.25, 0.3) is 16.6 Å². The summed E-state index contributed by atoms with van der Waals surface area (Å²) in [5.41, 5.74) is 3.01. The number of hydrogen-bond acceptors (Lipinski definition) is 7. The van der Waals surface area contributed by atoms with Gasteiger partial charge in [0, 0.05) is 60.9 Å². The summed E-state index contributed by atoms with van der Waals surface area (Å²) in [4.78, 5) is 8.58. The Balaban J connectivity index is 1.60. The molecule has 4 aromatic rings. The third kappa shape index (κ3) is 3.30. The number of ether oxygens (including phenoxy) is 1. The van der Waals surface area contributed by atoms with E-state index in [0.717, 1.165) is 11.8 Å². The van der Waals surface area contributed by atoms with Crippen molar-refractivity contribution in [3.05, 3.63) is 54.0 Å². The first-order valence-corrected chi connectivity index (χ1v) is 11.4. The lowest BCUT2D eigenvalue weighted by atomic mass is 10.0. The summed E-state index contributed by atoms with van der Waals surface area (Å²) < 4.78 is 47.9. The van der Waals surface area contributed by atoms with Crippen LogP contribution in [0.5, 0.6) is 5.75 Å². The Morgan fingerprint density at radius 1 is 1.26 bits per heavy atom. The van der Waals surface area contributed by atoms with E-state index in [1.54, 1.807) is 40.8 Å². The zero-order valence-electron chi connectivity index (χ0n) is 16.8. The Bertz CT molecular complexity index is 1430. The predicted octanol–water partition coefficient (Wildman–Crippen LogP) is 2.22. The van der Waals surface area contributed by atoms with E-state index >= 15 is 0 Å². The van der Waals surface area contributed by atoms with Crippen LogP contribution in [0.15, 0.2) is 42.1 Å². The summed E-state index contributed by atoms with van der Waals surface area (Å²) in [7, 11) is -1.83. The van der Waals surface area contributed by atoms with Crippen LogP contribution in [-0.4, -0.2) is 45.4 Å². The molecule has 0 amide bonds. The molecule has 1 N–H and O–H groups in total. The highest BCUT2D eigenvalue weighted by Crippen LogP contribution is 2.32. The average Bonchev–Trinajstić information content (AvgIpc) is 3.45. The molecule has 11 heteroatoms. The SMILES string of the molecule is Cn1cc(-c2cnc(NCc3c(F)ccc4c3CCO4)n3cnc(S(C)(=O)=O)c23)cn1. The quantitative estimate of drug-likeness (QED) is 0.505. The minimum absolute atomic E-state index is 0.0583. The van der Waals surface area contributed by atoms with Crippen LogP contribution in [0.1, 0.15) is 11.1 Å². The van der Waals surface area contributed by atoms with Gasteiger partial charge in [0.05, 0.1) is 18.3 Å². The number of anilines is 1. The molecule has 160 valence electrons. The summed E-state index contributed by atoms with van der Waals surface area (Å²) in [6.45, 7) is 0.687. The van der Waals surface area contributed by atoms with E-state index in [4.69, 9.17) is 4.74 Å². The predicted molar refractivity (Wildman–Crippen MR) is 111 cm³/mol. The van der Waals surface area contributed by atoms with E-state index in [-0.39, 0.29) is 17.4 Å². The van der Waals surface area contributed by atoms with E-state index < -0.39 is 9.84 Å². The van der Waals surface area contributed by atoms with Gasteiger partial charge < -0.3 is 10.1 Å². The van der Waals surface area contributed by atoms with Crippen molar-refractivity contribution < 1.29 is 17.5 Å². The fraction of sp³-hybridized carbons (Fsp3) is 0.250. The number of nitrogens with one attached hydrogen (secondary N) is 1. The van der Waals surface area contributed by atoms with Gasteiger partial charge in [0.15, 0.2) is 14.9 Å². The smallest absolute Gasteiger partial charge is 0.209 e. The summed E-state index contributed by atoms with van der Waals surface area (Å²) in [6.07, 6.45) is 8.11. The Kier molecular flexibility index (Phi) is 4.43. The van der Waals surface area contributed by atoms with Gasteiger partial charge in [-0.1, -0.05) is 0 Å². The van der Waals surface area contributed by atoms with Gasteiger partial charge in [-0.3, -0.25) is 9.08 Å². The van der Waals surface area contributed by atoms with Gasteiger partial charge in [0.2, 0.25) is 5.95 Å². The normalized spacial score (nSPS) is 13.4. The van der Waals surface area contributed by atoms with Gasteiger partial charge in [-0.15, -0.1) is 0 Å². The number of nitrogens with zero attached hydrogens (tertiary/aromatic N) is 5. The number of benzene rings is 1. The highest BCUT2D eigenvalue weighted by molar-refractivity contribution is 7.90. The molecule has 0 atom stereocenters. The van der Waals surface area contributed by atoms with Crippen molar-refractivity contribution in [1.29, 1.82) is 0 Å². The summed E-state index contributed by atoms with van der Waals surface area (Å²) in [5.74, 6) is 0.702. The molecule has 5 rings (SSSR count). The summed E-state index contributed by atoms with van der Waals surface area (Å²) in [5, 5.41) is 7.22. The van der Waals surface area contributed by atoms with Gasteiger partial charge >= 0.3 is 0 Å². The van der Waals surface area contributed by atoms with E-state index in [9.17, 15) is 12.8 Å². The molecule has 0 aliphatic carbocycles. The number of hydrogen-bond donors (Lipinski definition) is 1. The van der Waals surface area contributed by atoms with Crippen LogP contribution in [-0.2, 0) is 29.9 Å². The molecule has 0 spiro atoms. The Hall–Kier alpha value is -3.47. The second kappa shape index (κ2) is 7.05. The second-order valence-corrected chi connectivity index (χ2v) is 9.32. The van der Waals surface area contributed by atoms with Gasteiger partial charge in [-0.05, 0) is 12.1 Å². The molecule has 0 fully saturated rings. The van der Waals surface area contributed by atoms with Crippen molar-refractivity contribution in [3.63, 3.8) is 0 Å². The summed E-state index contributed by atoms with van der Waals surface area (Å²) >= 11 is 0. The zero-order chi connectivity index (χ0) is 21.8. The third-order valence-electron chi connectivity index (χ3n) is 5.26. The zero-order valence-corrected chi connectivity index (χ0v) is 17.6. The summed E-state index contributed by atoms with van der Waals surface area (Å²) in [6, 6.07) is 3.02. The van der Waals surface area contributed by atoms with E-state index in [1.165, 1.54) is 12.4 Å². The van der Waals surface area contributed by atoms with Crippen molar-refractivity contribution in [2.75, 3.05) is 18.2 Å². The van der Waals surface area contributed by atoms with Crippen molar-refractivity contribution in [2.45, 2.75) is 18.0 Å². The molecule has 0 radical (unpaired) electrons. The van der Waals surface area contributed by atoms with Crippen molar-refractivity contribution >= 4 is 21.3 Å². The molecule has 0 bridgehead atoms. The molecule has 0 saturated carbocycles. The Morgan fingerprint density at radius 3 is 2.84 bits per heavy atom. The number of imidazole rings is 1. The molecule has 1 aliphatic rings. The van der Waals surface area contributed by atoms with Gasteiger partial charge in [0.1, 0.15) is 17.9 Å². The standard InChI is InChI=1S/C20H19FN6O3S/c1-26-10-12(7-25-26)14-8-22-20(27-11-24-19(18(14)27)31(2,28)29)23-9-15-13-5-6-30-17(13)4-3-16(15)21/h3-4,7-8,10-11H,5-6,9H2,1-2H3,(H,22,23). The average molecular weight is 442 g/mol. The van der Waals surface area contributed by atoms with Crippen LogP contribution in [0.4, 0.5) is 10.3 Å². The van der Waals surface area contributed by atoms with Crippen LogP contribution in [0.3, 0.4) is 0 Å². The highest BCUT2D eigenvalue weighted by atomic mass is 32.2. The monoisotopic (exact) mass is 442 g/mol. The van der Waals surface area contributed by atoms with Crippen molar-refractivity contribution in [2.24, 2.45) is 7.05 Å². The molecule has 0 saturated heterocycles. The molecule has 3 aromatic heterocycles. The molecular weight excluding hydrogens is 423 g/mol. The van der Waals surface area contributed by atoms with Crippen molar-refractivity contribution in [1.82, 2.24) is 24.1 Å². The number of aryl methyl sites for hydroxylation is 1. The van der Waals surface area contributed by atoms with Gasteiger partial charge in [0.25, 0.3) is 0 Å². The number of rotatable bonds is 5. The van der Waals surface area contributed by atoms with Crippen LogP contribution in [0, 0.1) is 5.82 Å². The first-order valence-electron chi connectivity index (χ1n) is 9.55. The fourth-order valence-electron chi connectivity index (χ4n) is 3.83. The molecule has 0 unspecified atom stereocenters. The lowest BCUT2D eigenvalue weighted by Crippen LogP contribution is -2.10. The number of fused-ring (bicyclic) bond motifs is 2. The third-order valence-corrected chi connectivity index (χ3v) is 6.27. The van der Waals surface area contributed by atoms with E-state index in [1.807, 2.05) is 0 Å². The maximum absolute atomic E-state index is 14.5. The van der Waals surface area contributed by atoms with Crippen LogP contribution >= 0.6 is 0 Å². The number of sulfone groups is 1. The van der Waals surface area contributed by atoms with Crippen LogP contribution in [0.2, 0.25) is 0 Å². The largest absolute Gasteiger partial charge is 0.493 e. The molecule has 4 heterocycles. The minimum Gasteiger partial charge on any atom is -0.493 e. The maximum atomic E-state index is 14.5. The Labute approximate surface area is 177 Å². The molecule has 9 nitrogen and oxygen atoms in total. The second-order valence-electron chi connectivity index (χ2n) is 7.39. The number of halogens is 1. The molecule has 1 aliphatic heterocycles. The Morgan fingerprint density at radius 2 is 2.10 bits per heavy atom. The van der Waals surface area contributed by atoms with Crippen molar-refractivity contribution in [3.8, 4) is 16.9 Å². The van der Waals surface area contributed by atoms with Crippen LogP contribution < -0.4 is 10.1 Å².